The lowest BCUT2D eigenvalue weighted by atomic mass is 10.0. The summed E-state index contributed by atoms with van der Waals surface area (Å²) in [5.74, 6) is -0.603. The summed E-state index contributed by atoms with van der Waals surface area (Å²) in [5, 5.41) is 9.12. The summed E-state index contributed by atoms with van der Waals surface area (Å²) in [6.45, 7) is 0.164. The van der Waals surface area contributed by atoms with Crippen LogP contribution < -0.4 is 5.73 Å². The van der Waals surface area contributed by atoms with Crippen LogP contribution in [0.25, 0.3) is 0 Å². The van der Waals surface area contributed by atoms with Gasteiger partial charge in [-0.2, -0.15) is 4.31 Å². The molecule has 1 atom stereocenters. The normalized spacial score (nSPS) is 20.6. The van der Waals surface area contributed by atoms with Crippen LogP contribution in [-0.4, -0.2) is 37.0 Å². The predicted octanol–water partition coefficient (Wildman–Crippen LogP) is 1.21. The lowest BCUT2D eigenvalue weighted by Crippen LogP contribution is -2.44. The molecule has 1 aliphatic heterocycles. The van der Waals surface area contributed by atoms with E-state index in [4.69, 9.17) is 10.8 Å². The minimum Gasteiger partial charge on any atom is -0.396 e. The second kappa shape index (κ2) is 6.83. The maximum atomic E-state index is 13.8. The molecule has 1 aromatic rings. The van der Waals surface area contributed by atoms with Crippen molar-refractivity contribution in [2.24, 2.45) is 5.73 Å². The molecule has 7 heteroatoms. The van der Waals surface area contributed by atoms with Crippen molar-refractivity contribution in [3.05, 3.63) is 29.6 Å². The number of hydrogen-bond acceptors (Lipinski definition) is 4. The summed E-state index contributed by atoms with van der Waals surface area (Å²) < 4.78 is 40.8. The van der Waals surface area contributed by atoms with Crippen molar-refractivity contribution in [2.75, 3.05) is 13.2 Å². The molecule has 21 heavy (non-hydrogen) atoms. The topological polar surface area (TPSA) is 83.6 Å². The van der Waals surface area contributed by atoms with Crippen molar-refractivity contribution < 1.29 is 17.9 Å². The van der Waals surface area contributed by atoms with Gasteiger partial charge < -0.3 is 10.8 Å². The maximum Gasteiger partial charge on any atom is 0.243 e. The zero-order valence-electron chi connectivity index (χ0n) is 11.8. The Morgan fingerprint density at radius 2 is 2.14 bits per heavy atom. The van der Waals surface area contributed by atoms with E-state index in [-0.39, 0.29) is 29.7 Å². The van der Waals surface area contributed by atoms with Gasteiger partial charge in [-0.05, 0) is 31.4 Å². The van der Waals surface area contributed by atoms with Crippen LogP contribution >= 0.6 is 0 Å². The van der Waals surface area contributed by atoms with Crippen LogP contribution in [0.15, 0.2) is 23.1 Å². The van der Waals surface area contributed by atoms with Crippen LogP contribution in [0.4, 0.5) is 4.39 Å². The molecule has 1 unspecified atom stereocenters. The molecular weight excluding hydrogens is 295 g/mol. The van der Waals surface area contributed by atoms with Gasteiger partial charge in [0.1, 0.15) is 5.82 Å². The number of rotatable bonds is 5. The Morgan fingerprint density at radius 1 is 1.38 bits per heavy atom. The molecule has 0 radical (unpaired) electrons. The third-order valence-electron chi connectivity index (χ3n) is 3.90. The number of aliphatic hydroxyl groups is 1. The monoisotopic (exact) mass is 316 g/mol. The number of hydrogen-bond donors (Lipinski definition) is 2. The summed E-state index contributed by atoms with van der Waals surface area (Å²) in [4.78, 5) is -0.0603. The highest BCUT2D eigenvalue weighted by Gasteiger charge is 2.34. The van der Waals surface area contributed by atoms with E-state index in [1.807, 2.05) is 0 Å². The van der Waals surface area contributed by atoms with Gasteiger partial charge in [-0.25, -0.2) is 12.8 Å². The fourth-order valence-corrected chi connectivity index (χ4v) is 4.80. The van der Waals surface area contributed by atoms with E-state index >= 15 is 0 Å². The van der Waals surface area contributed by atoms with Crippen molar-refractivity contribution in [3.8, 4) is 0 Å². The smallest absolute Gasteiger partial charge is 0.243 e. The van der Waals surface area contributed by atoms with E-state index in [1.54, 1.807) is 0 Å². The van der Waals surface area contributed by atoms with Crippen LogP contribution in [0.3, 0.4) is 0 Å². The first-order valence-electron chi connectivity index (χ1n) is 7.12. The van der Waals surface area contributed by atoms with E-state index in [1.165, 1.54) is 22.5 Å². The van der Waals surface area contributed by atoms with E-state index in [0.29, 0.717) is 19.4 Å². The van der Waals surface area contributed by atoms with Crippen molar-refractivity contribution in [1.82, 2.24) is 4.31 Å². The van der Waals surface area contributed by atoms with Crippen molar-refractivity contribution in [2.45, 2.75) is 43.2 Å². The molecule has 1 aliphatic rings. The summed E-state index contributed by atoms with van der Waals surface area (Å²) in [6, 6.07) is 3.75. The van der Waals surface area contributed by atoms with Crippen LogP contribution in [0, 0.1) is 5.82 Å². The van der Waals surface area contributed by atoms with E-state index in [0.717, 1.165) is 12.8 Å². The zero-order chi connectivity index (χ0) is 15.5. The van der Waals surface area contributed by atoms with Gasteiger partial charge in [0.2, 0.25) is 10.0 Å². The Morgan fingerprint density at radius 3 is 2.81 bits per heavy atom. The Hall–Kier alpha value is -1.02. The molecule has 0 aromatic heterocycles. The number of aliphatic hydroxyl groups excluding tert-OH is 1. The molecule has 0 saturated carbocycles. The average molecular weight is 316 g/mol. The van der Waals surface area contributed by atoms with Crippen molar-refractivity contribution >= 4 is 10.0 Å². The van der Waals surface area contributed by atoms with Crippen molar-refractivity contribution in [3.63, 3.8) is 0 Å². The average Bonchev–Trinajstić information content (AvgIpc) is 2.47. The van der Waals surface area contributed by atoms with Crippen LogP contribution in [0.5, 0.6) is 0 Å². The van der Waals surface area contributed by atoms with Gasteiger partial charge in [-0.15, -0.1) is 0 Å². The molecule has 118 valence electrons. The molecule has 1 saturated heterocycles. The SMILES string of the molecule is NCc1c(F)cccc1S(=O)(=O)N1CCCCC1CCO. The van der Waals surface area contributed by atoms with Gasteiger partial charge in [-0.1, -0.05) is 12.5 Å². The maximum absolute atomic E-state index is 13.8. The Kier molecular flexibility index (Phi) is 5.32. The minimum absolute atomic E-state index is 0.0193. The minimum atomic E-state index is -3.80. The lowest BCUT2D eigenvalue weighted by molar-refractivity contribution is 0.192. The number of halogens is 1. The molecule has 2 rings (SSSR count). The molecule has 0 amide bonds. The Bertz CT molecular complexity index is 590. The number of piperidine rings is 1. The molecule has 3 N–H and O–H groups in total. The van der Waals surface area contributed by atoms with Gasteiger partial charge in [0.15, 0.2) is 0 Å². The fraction of sp³-hybridized carbons (Fsp3) is 0.571. The fourth-order valence-electron chi connectivity index (χ4n) is 2.83. The molecular formula is C14H21FN2O3S. The van der Waals surface area contributed by atoms with Gasteiger partial charge >= 0.3 is 0 Å². The summed E-state index contributed by atoms with van der Waals surface area (Å²) in [7, 11) is -3.80. The van der Waals surface area contributed by atoms with E-state index in [2.05, 4.69) is 0 Å². The Labute approximate surface area is 124 Å². The second-order valence-corrected chi connectivity index (χ2v) is 7.06. The van der Waals surface area contributed by atoms with Crippen LogP contribution in [-0.2, 0) is 16.6 Å². The quantitative estimate of drug-likeness (QED) is 0.855. The third kappa shape index (κ3) is 3.26. The summed E-state index contributed by atoms with van der Waals surface area (Å²) in [5.41, 5.74) is 5.53. The second-order valence-electron chi connectivity index (χ2n) is 5.20. The van der Waals surface area contributed by atoms with Gasteiger partial charge in [0.25, 0.3) is 0 Å². The molecule has 1 fully saturated rings. The molecule has 1 heterocycles. The molecule has 0 bridgehead atoms. The standard InChI is InChI=1S/C14H21FN2O3S/c15-13-5-3-6-14(12(13)10-16)21(19,20)17-8-2-1-4-11(17)7-9-18/h3,5-6,11,18H,1-2,4,7-10,16H2. The summed E-state index contributed by atoms with van der Waals surface area (Å²) in [6.07, 6.45) is 2.82. The number of nitrogens with two attached hydrogens (primary N) is 1. The first-order valence-corrected chi connectivity index (χ1v) is 8.56. The van der Waals surface area contributed by atoms with Crippen LogP contribution in [0.1, 0.15) is 31.2 Å². The first-order chi connectivity index (χ1) is 10.0. The van der Waals surface area contributed by atoms with E-state index < -0.39 is 15.8 Å². The van der Waals surface area contributed by atoms with Crippen molar-refractivity contribution in [1.29, 1.82) is 0 Å². The van der Waals surface area contributed by atoms with Gasteiger partial charge in [0.05, 0.1) is 4.90 Å². The van der Waals surface area contributed by atoms with Gasteiger partial charge in [0, 0.05) is 31.3 Å². The lowest BCUT2D eigenvalue weighted by Gasteiger charge is -2.34. The highest BCUT2D eigenvalue weighted by atomic mass is 32.2. The van der Waals surface area contributed by atoms with E-state index in [9.17, 15) is 12.8 Å². The largest absolute Gasteiger partial charge is 0.396 e. The highest BCUT2D eigenvalue weighted by Crippen LogP contribution is 2.29. The van der Waals surface area contributed by atoms with Crippen LogP contribution in [0.2, 0.25) is 0 Å². The highest BCUT2D eigenvalue weighted by molar-refractivity contribution is 7.89. The summed E-state index contributed by atoms with van der Waals surface area (Å²) >= 11 is 0. The first kappa shape index (κ1) is 16.4. The molecule has 5 nitrogen and oxygen atoms in total. The predicted molar refractivity (Wildman–Crippen MR) is 77.5 cm³/mol. The number of sulfonamides is 1. The molecule has 0 aliphatic carbocycles. The Balaban J connectivity index is 2.43. The zero-order valence-corrected chi connectivity index (χ0v) is 12.7. The number of nitrogens with zero attached hydrogens (tertiary/aromatic N) is 1. The molecule has 1 aromatic carbocycles. The van der Waals surface area contributed by atoms with Gasteiger partial charge in [-0.3, -0.25) is 0 Å². The molecule has 0 spiro atoms. The number of benzene rings is 1. The third-order valence-corrected chi connectivity index (χ3v) is 5.94.